The van der Waals surface area contributed by atoms with Gasteiger partial charge in [0.15, 0.2) is 0 Å². The maximum Gasteiger partial charge on any atom is 0.270 e. The van der Waals surface area contributed by atoms with Crippen molar-refractivity contribution < 1.29 is 9.53 Å². The lowest BCUT2D eigenvalue weighted by atomic mass is 9.92. The number of methoxy groups -OCH3 is 1. The van der Waals surface area contributed by atoms with Crippen molar-refractivity contribution in [1.82, 2.24) is 24.7 Å². The van der Waals surface area contributed by atoms with Gasteiger partial charge in [-0.1, -0.05) is 6.07 Å². The monoisotopic (exact) mass is 373 g/mol. The van der Waals surface area contributed by atoms with Crippen LogP contribution in [0.3, 0.4) is 0 Å². The first-order chi connectivity index (χ1) is 13.7. The highest BCUT2D eigenvalue weighted by Gasteiger charge is 2.24. The summed E-state index contributed by atoms with van der Waals surface area (Å²) >= 11 is 0. The van der Waals surface area contributed by atoms with Gasteiger partial charge in [0.05, 0.1) is 29.9 Å². The zero-order valence-electron chi connectivity index (χ0n) is 15.4. The Balaban J connectivity index is 1.46. The summed E-state index contributed by atoms with van der Waals surface area (Å²) < 4.78 is 7.12. The van der Waals surface area contributed by atoms with Gasteiger partial charge in [-0.2, -0.15) is 0 Å². The average Bonchev–Trinajstić information content (AvgIpc) is 3.10. The Hall–Kier alpha value is -3.48. The molecule has 0 spiro atoms. The van der Waals surface area contributed by atoms with E-state index in [1.54, 1.807) is 19.4 Å². The second kappa shape index (κ2) is 6.60. The van der Waals surface area contributed by atoms with Crippen molar-refractivity contribution in [2.75, 3.05) is 7.11 Å². The third-order valence-electron chi connectivity index (χ3n) is 5.21. The Morgan fingerprint density at radius 3 is 3.07 bits per heavy atom. The van der Waals surface area contributed by atoms with Gasteiger partial charge in [0.25, 0.3) is 5.91 Å². The van der Waals surface area contributed by atoms with Crippen LogP contribution in [0.2, 0.25) is 0 Å². The predicted molar refractivity (Wildman–Crippen MR) is 104 cm³/mol. The van der Waals surface area contributed by atoms with Crippen LogP contribution < -0.4 is 10.1 Å². The van der Waals surface area contributed by atoms with Crippen LogP contribution in [0.1, 0.15) is 40.6 Å². The first kappa shape index (κ1) is 16.7. The maximum absolute atomic E-state index is 12.8. The molecule has 0 aliphatic heterocycles. The molecule has 5 rings (SSSR count). The van der Waals surface area contributed by atoms with Crippen molar-refractivity contribution in [2.24, 2.45) is 0 Å². The van der Waals surface area contributed by atoms with Crippen LogP contribution >= 0.6 is 0 Å². The predicted octanol–water partition coefficient (Wildman–Crippen LogP) is 3.09. The number of hydrogen-bond donors (Lipinski definition) is 1. The van der Waals surface area contributed by atoms with E-state index in [1.807, 2.05) is 34.9 Å². The molecule has 0 bridgehead atoms. The van der Waals surface area contributed by atoms with Gasteiger partial charge in [-0.05, 0) is 49.1 Å². The zero-order valence-corrected chi connectivity index (χ0v) is 15.4. The fraction of sp³-hybridized carbons (Fsp3) is 0.238. The normalized spacial score (nSPS) is 16.1. The van der Waals surface area contributed by atoms with Crippen molar-refractivity contribution in [3.8, 4) is 5.75 Å². The summed E-state index contributed by atoms with van der Waals surface area (Å²) in [5, 5.41) is 3.09. The highest BCUT2D eigenvalue weighted by molar-refractivity contribution is 5.93. The number of pyridine rings is 1. The second-order valence-electron chi connectivity index (χ2n) is 6.92. The molecular formula is C21H19N5O2. The maximum atomic E-state index is 12.8. The van der Waals surface area contributed by atoms with Crippen molar-refractivity contribution in [1.29, 1.82) is 0 Å². The topological polar surface area (TPSA) is 81.4 Å². The summed E-state index contributed by atoms with van der Waals surface area (Å²) in [6.45, 7) is 0. The molecule has 0 radical (unpaired) electrons. The number of rotatable bonds is 3. The molecule has 3 heterocycles. The number of ether oxygens (including phenoxy) is 1. The lowest BCUT2D eigenvalue weighted by Crippen LogP contribution is -2.32. The number of fused-ring (bicyclic) bond motifs is 4. The highest BCUT2D eigenvalue weighted by Crippen LogP contribution is 2.28. The molecule has 1 N–H and O–H groups in total. The Kier molecular flexibility index (Phi) is 3.93. The minimum Gasteiger partial charge on any atom is -0.497 e. The number of aryl methyl sites for hydroxylation is 1. The molecule has 1 unspecified atom stereocenters. The Labute approximate surface area is 161 Å². The molecule has 1 atom stereocenters. The lowest BCUT2D eigenvalue weighted by molar-refractivity contribution is 0.0926. The lowest BCUT2D eigenvalue weighted by Gasteiger charge is -2.24. The van der Waals surface area contributed by atoms with E-state index < -0.39 is 0 Å². The fourth-order valence-electron chi connectivity index (χ4n) is 3.82. The molecule has 0 saturated heterocycles. The van der Waals surface area contributed by atoms with E-state index >= 15 is 0 Å². The van der Waals surface area contributed by atoms with Gasteiger partial charge in [0.2, 0.25) is 5.78 Å². The molecule has 4 aromatic rings. The molecule has 1 amide bonds. The SMILES string of the molecule is COc1ccc2c(c1)nc1nc(C(=O)NC3CCCc4cccnc43)ccn12. The summed E-state index contributed by atoms with van der Waals surface area (Å²) in [6, 6.07) is 11.3. The zero-order chi connectivity index (χ0) is 19.1. The fourth-order valence-corrected chi connectivity index (χ4v) is 3.82. The molecule has 1 aromatic carbocycles. The standard InChI is InChI=1S/C21H19N5O2/c1-28-14-7-8-18-17(12-14)25-21-24-16(9-11-26(18)21)20(27)23-15-6-2-4-13-5-3-10-22-19(13)15/h3,5,7-12,15H,2,4,6H2,1H3,(H,23,27). The van der Waals surface area contributed by atoms with Gasteiger partial charge in [-0.25, -0.2) is 9.97 Å². The first-order valence-corrected chi connectivity index (χ1v) is 9.30. The first-order valence-electron chi connectivity index (χ1n) is 9.30. The molecule has 0 fully saturated rings. The van der Waals surface area contributed by atoms with Crippen LogP contribution in [0.4, 0.5) is 0 Å². The van der Waals surface area contributed by atoms with E-state index in [1.165, 1.54) is 5.56 Å². The molecule has 7 nitrogen and oxygen atoms in total. The number of nitrogens with one attached hydrogen (secondary N) is 1. The number of nitrogens with zero attached hydrogens (tertiary/aromatic N) is 4. The Morgan fingerprint density at radius 2 is 2.18 bits per heavy atom. The van der Waals surface area contributed by atoms with E-state index in [4.69, 9.17) is 4.74 Å². The van der Waals surface area contributed by atoms with Crippen molar-refractivity contribution in [3.05, 3.63) is 65.7 Å². The van der Waals surface area contributed by atoms with E-state index in [0.717, 1.165) is 41.7 Å². The van der Waals surface area contributed by atoms with E-state index in [2.05, 4.69) is 26.3 Å². The number of imidazole rings is 1. The van der Waals surface area contributed by atoms with Crippen LogP contribution in [-0.4, -0.2) is 32.4 Å². The number of benzene rings is 1. The molecule has 1 aliphatic rings. The van der Waals surface area contributed by atoms with E-state index in [-0.39, 0.29) is 11.9 Å². The van der Waals surface area contributed by atoms with Gasteiger partial charge < -0.3 is 10.1 Å². The van der Waals surface area contributed by atoms with Crippen LogP contribution in [-0.2, 0) is 6.42 Å². The van der Waals surface area contributed by atoms with Gasteiger partial charge >= 0.3 is 0 Å². The van der Waals surface area contributed by atoms with E-state index in [0.29, 0.717) is 11.5 Å². The summed E-state index contributed by atoms with van der Waals surface area (Å²) in [6.07, 6.45) is 6.52. The number of hydrogen-bond acceptors (Lipinski definition) is 5. The second-order valence-corrected chi connectivity index (χ2v) is 6.92. The number of aromatic nitrogens is 4. The van der Waals surface area contributed by atoms with Crippen LogP contribution in [0.15, 0.2) is 48.8 Å². The summed E-state index contributed by atoms with van der Waals surface area (Å²) in [4.78, 5) is 26.3. The van der Waals surface area contributed by atoms with Crippen molar-refractivity contribution in [2.45, 2.75) is 25.3 Å². The van der Waals surface area contributed by atoms with Gasteiger partial charge in [0.1, 0.15) is 11.4 Å². The van der Waals surface area contributed by atoms with E-state index in [9.17, 15) is 4.79 Å². The smallest absolute Gasteiger partial charge is 0.270 e. The van der Waals surface area contributed by atoms with Crippen LogP contribution in [0.5, 0.6) is 5.75 Å². The Morgan fingerprint density at radius 1 is 1.25 bits per heavy atom. The molecular weight excluding hydrogens is 354 g/mol. The largest absolute Gasteiger partial charge is 0.497 e. The third kappa shape index (κ3) is 2.76. The minimum atomic E-state index is -0.212. The highest BCUT2D eigenvalue weighted by atomic mass is 16.5. The molecule has 140 valence electrons. The van der Waals surface area contributed by atoms with Gasteiger partial charge in [-0.15, -0.1) is 0 Å². The third-order valence-corrected chi connectivity index (χ3v) is 5.21. The molecule has 7 heteroatoms. The number of carbonyl (C=O) groups excluding carboxylic acids is 1. The van der Waals surface area contributed by atoms with Crippen molar-refractivity contribution >= 4 is 22.7 Å². The van der Waals surface area contributed by atoms with Crippen molar-refractivity contribution in [3.63, 3.8) is 0 Å². The summed E-state index contributed by atoms with van der Waals surface area (Å²) in [5.41, 5.74) is 4.20. The molecule has 1 aliphatic carbocycles. The Bertz CT molecular complexity index is 1200. The van der Waals surface area contributed by atoms with Crippen LogP contribution in [0.25, 0.3) is 16.8 Å². The summed E-state index contributed by atoms with van der Waals surface area (Å²) in [5.74, 6) is 1.01. The number of carbonyl (C=O) groups is 1. The average molecular weight is 373 g/mol. The molecule has 28 heavy (non-hydrogen) atoms. The van der Waals surface area contributed by atoms with Gasteiger partial charge in [0, 0.05) is 18.5 Å². The number of amides is 1. The molecule has 3 aromatic heterocycles. The molecule has 0 saturated carbocycles. The minimum absolute atomic E-state index is 0.0847. The van der Waals surface area contributed by atoms with Gasteiger partial charge in [-0.3, -0.25) is 14.2 Å². The van der Waals surface area contributed by atoms with Crippen LogP contribution in [0, 0.1) is 0 Å². The quantitative estimate of drug-likeness (QED) is 0.597. The summed E-state index contributed by atoms with van der Waals surface area (Å²) in [7, 11) is 1.62.